The summed E-state index contributed by atoms with van der Waals surface area (Å²) in [4.78, 5) is 0.335. The van der Waals surface area contributed by atoms with Crippen molar-refractivity contribution in [3.8, 4) is 0 Å². The Bertz CT molecular complexity index is 596. The molecular formula is C14H25ClN4O2S. The van der Waals surface area contributed by atoms with E-state index in [1.54, 1.807) is 15.2 Å². The maximum atomic E-state index is 12.7. The van der Waals surface area contributed by atoms with Gasteiger partial charge in [-0.15, -0.1) is 12.4 Å². The van der Waals surface area contributed by atoms with Crippen molar-refractivity contribution in [2.75, 3.05) is 26.2 Å². The molecule has 0 unspecified atom stereocenters. The smallest absolute Gasteiger partial charge is 0.246 e. The van der Waals surface area contributed by atoms with Crippen LogP contribution in [-0.2, 0) is 16.6 Å². The number of rotatable bonds is 4. The van der Waals surface area contributed by atoms with Crippen LogP contribution < -0.4 is 5.32 Å². The van der Waals surface area contributed by atoms with E-state index < -0.39 is 10.0 Å². The minimum absolute atomic E-state index is 0. The SMILES string of the molecule is CCCn1cc(S(=O)(=O)N2CCC3(CCNCC3)C2)cn1.Cl. The van der Waals surface area contributed by atoms with Crippen molar-refractivity contribution in [1.82, 2.24) is 19.4 Å². The topological polar surface area (TPSA) is 67.2 Å². The third kappa shape index (κ3) is 3.32. The molecule has 1 N–H and O–H groups in total. The van der Waals surface area contributed by atoms with Gasteiger partial charge >= 0.3 is 0 Å². The van der Waals surface area contributed by atoms with E-state index in [0.29, 0.717) is 18.0 Å². The molecule has 0 radical (unpaired) electrons. The van der Waals surface area contributed by atoms with Gasteiger partial charge in [-0.05, 0) is 44.2 Å². The average molecular weight is 349 g/mol. The molecule has 126 valence electrons. The van der Waals surface area contributed by atoms with Gasteiger partial charge in [-0.25, -0.2) is 8.42 Å². The molecule has 22 heavy (non-hydrogen) atoms. The standard InChI is InChI=1S/C14H24N4O2S.ClH/c1-2-8-17-11-13(10-16-17)21(19,20)18-9-5-14(12-18)3-6-15-7-4-14;/h10-11,15H,2-9,12H2,1H3;1H. The highest BCUT2D eigenvalue weighted by molar-refractivity contribution is 7.89. The lowest BCUT2D eigenvalue weighted by molar-refractivity contribution is 0.218. The maximum Gasteiger partial charge on any atom is 0.246 e. The number of nitrogens with zero attached hydrogens (tertiary/aromatic N) is 3. The van der Waals surface area contributed by atoms with Crippen molar-refractivity contribution in [3.05, 3.63) is 12.4 Å². The van der Waals surface area contributed by atoms with Crippen molar-refractivity contribution in [2.45, 2.75) is 44.0 Å². The Balaban J connectivity index is 0.00000176. The van der Waals surface area contributed by atoms with Crippen LogP contribution in [0.2, 0.25) is 0 Å². The van der Waals surface area contributed by atoms with Crippen LogP contribution in [0.4, 0.5) is 0 Å². The number of piperidine rings is 1. The molecule has 1 spiro atoms. The number of aryl methyl sites for hydroxylation is 1. The Morgan fingerprint density at radius 3 is 2.73 bits per heavy atom. The monoisotopic (exact) mass is 348 g/mol. The van der Waals surface area contributed by atoms with Gasteiger partial charge in [0.15, 0.2) is 0 Å². The molecule has 0 aliphatic carbocycles. The fourth-order valence-corrected chi connectivity index (χ4v) is 4.95. The lowest BCUT2D eigenvalue weighted by Crippen LogP contribution is -2.39. The van der Waals surface area contributed by atoms with E-state index in [9.17, 15) is 8.42 Å². The molecule has 1 aromatic heterocycles. The number of hydrogen-bond donors (Lipinski definition) is 1. The number of nitrogens with one attached hydrogen (secondary N) is 1. The molecule has 0 aromatic carbocycles. The Labute approximate surface area is 138 Å². The van der Waals surface area contributed by atoms with Gasteiger partial charge in [-0.2, -0.15) is 9.40 Å². The summed E-state index contributed by atoms with van der Waals surface area (Å²) in [6.45, 7) is 6.12. The number of halogens is 1. The number of sulfonamides is 1. The van der Waals surface area contributed by atoms with E-state index in [1.807, 2.05) is 0 Å². The van der Waals surface area contributed by atoms with Crippen molar-refractivity contribution in [1.29, 1.82) is 0 Å². The summed E-state index contributed by atoms with van der Waals surface area (Å²) in [7, 11) is -3.38. The maximum absolute atomic E-state index is 12.7. The van der Waals surface area contributed by atoms with Gasteiger partial charge in [0.2, 0.25) is 10.0 Å². The Morgan fingerprint density at radius 1 is 1.32 bits per heavy atom. The van der Waals surface area contributed by atoms with Gasteiger partial charge in [-0.1, -0.05) is 6.92 Å². The second kappa shape index (κ2) is 6.86. The quantitative estimate of drug-likeness (QED) is 0.895. The summed E-state index contributed by atoms with van der Waals surface area (Å²) in [5.41, 5.74) is 0.192. The molecule has 2 saturated heterocycles. The Kier molecular flexibility index (Phi) is 5.53. The highest BCUT2D eigenvalue weighted by Gasteiger charge is 2.43. The van der Waals surface area contributed by atoms with Gasteiger partial charge in [0.05, 0.1) is 6.20 Å². The van der Waals surface area contributed by atoms with Crippen LogP contribution in [0, 0.1) is 5.41 Å². The fraction of sp³-hybridized carbons (Fsp3) is 0.786. The molecule has 0 bridgehead atoms. The van der Waals surface area contributed by atoms with Crippen molar-refractivity contribution in [2.24, 2.45) is 5.41 Å². The predicted octanol–water partition coefficient (Wildman–Crippen LogP) is 1.48. The molecule has 6 nitrogen and oxygen atoms in total. The van der Waals surface area contributed by atoms with E-state index in [2.05, 4.69) is 17.3 Å². The van der Waals surface area contributed by atoms with Crippen LogP contribution >= 0.6 is 12.4 Å². The lowest BCUT2D eigenvalue weighted by atomic mass is 9.78. The van der Waals surface area contributed by atoms with Crippen LogP contribution in [0.25, 0.3) is 0 Å². The zero-order chi connectivity index (χ0) is 14.9. The molecule has 8 heteroatoms. The minimum Gasteiger partial charge on any atom is -0.317 e. The van der Waals surface area contributed by atoms with Gasteiger partial charge in [0, 0.05) is 25.8 Å². The largest absolute Gasteiger partial charge is 0.317 e. The summed E-state index contributed by atoms with van der Waals surface area (Å²) in [6, 6.07) is 0. The molecule has 3 heterocycles. The van der Waals surface area contributed by atoms with Crippen LogP contribution in [0.1, 0.15) is 32.6 Å². The molecule has 2 aliphatic heterocycles. The average Bonchev–Trinajstić information content (AvgIpc) is 3.09. The first-order valence-corrected chi connectivity index (χ1v) is 9.23. The summed E-state index contributed by atoms with van der Waals surface area (Å²) < 4.78 is 28.8. The van der Waals surface area contributed by atoms with Crippen molar-refractivity contribution >= 4 is 22.4 Å². The van der Waals surface area contributed by atoms with E-state index in [4.69, 9.17) is 0 Å². The first kappa shape index (κ1) is 17.7. The number of hydrogen-bond acceptors (Lipinski definition) is 4. The summed E-state index contributed by atoms with van der Waals surface area (Å²) >= 11 is 0. The van der Waals surface area contributed by atoms with Gasteiger partial charge in [0.1, 0.15) is 4.90 Å². The van der Waals surface area contributed by atoms with Crippen LogP contribution in [0.5, 0.6) is 0 Å². The third-order valence-electron chi connectivity index (χ3n) is 4.77. The normalized spacial score (nSPS) is 21.9. The summed E-state index contributed by atoms with van der Waals surface area (Å²) in [5.74, 6) is 0. The summed E-state index contributed by atoms with van der Waals surface area (Å²) in [6.07, 6.45) is 7.23. The highest BCUT2D eigenvalue weighted by Crippen LogP contribution is 2.40. The minimum atomic E-state index is -3.38. The lowest BCUT2D eigenvalue weighted by Gasteiger charge is -2.33. The molecule has 2 aliphatic rings. The molecule has 0 atom stereocenters. The second-order valence-corrected chi connectivity index (χ2v) is 8.22. The van der Waals surface area contributed by atoms with Crippen molar-refractivity contribution in [3.63, 3.8) is 0 Å². The van der Waals surface area contributed by atoms with Crippen LogP contribution in [-0.4, -0.2) is 48.7 Å². The van der Waals surface area contributed by atoms with Gasteiger partial charge in [-0.3, -0.25) is 4.68 Å². The molecule has 0 amide bonds. The second-order valence-electron chi connectivity index (χ2n) is 6.28. The van der Waals surface area contributed by atoms with E-state index in [1.165, 1.54) is 6.20 Å². The van der Waals surface area contributed by atoms with Gasteiger partial charge < -0.3 is 5.32 Å². The first-order chi connectivity index (χ1) is 10.1. The van der Waals surface area contributed by atoms with Gasteiger partial charge in [0.25, 0.3) is 0 Å². The van der Waals surface area contributed by atoms with E-state index >= 15 is 0 Å². The Morgan fingerprint density at radius 2 is 2.05 bits per heavy atom. The first-order valence-electron chi connectivity index (χ1n) is 7.79. The van der Waals surface area contributed by atoms with Crippen molar-refractivity contribution < 1.29 is 8.42 Å². The van der Waals surface area contributed by atoms with E-state index in [-0.39, 0.29) is 17.8 Å². The zero-order valence-electron chi connectivity index (χ0n) is 13.0. The molecule has 3 rings (SSSR count). The Hall–Kier alpha value is -0.630. The number of aromatic nitrogens is 2. The highest BCUT2D eigenvalue weighted by atomic mass is 35.5. The van der Waals surface area contributed by atoms with Crippen LogP contribution in [0.15, 0.2) is 17.3 Å². The molecule has 2 fully saturated rings. The zero-order valence-corrected chi connectivity index (χ0v) is 14.6. The van der Waals surface area contributed by atoms with Crippen LogP contribution in [0.3, 0.4) is 0 Å². The molecule has 0 saturated carbocycles. The third-order valence-corrected chi connectivity index (χ3v) is 6.57. The molecule has 1 aromatic rings. The van der Waals surface area contributed by atoms with E-state index in [0.717, 1.165) is 45.3 Å². The predicted molar refractivity (Wildman–Crippen MR) is 87.7 cm³/mol. The molecular weight excluding hydrogens is 324 g/mol. The summed E-state index contributed by atoms with van der Waals surface area (Å²) in [5, 5.41) is 7.51. The fourth-order valence-electron chi connectivity index (χ4n) is 3.44.